The summed E-state index contributed by atoms with van der Waals surface area (Å²) in [6.07, 6.45) is 18.6. The van der Waals surface area contributed by atoms with Crippen LogP contribution in [0.25, 0.3) is 11.4 Å². The van der Waals surface area contributed by atoms with Crippen LogP contribution in [0.15, 0.2) is 36.7 Å². The highest BCUT2D eigenvalue weighted by Gasteiger charge is 2.32. The van der Waals surface area contributed by atoms with Crippen LogP contribution in [0.1, 0.15) is 102 Å². The molecule has 1 fully saturated rings. The average Bonchev–Trinajstić information content (AvgIpc) is 2.85. The van der Waals surface area contributed by atoms with Gasteiger partial charge in [0.05, 0.1) is 5.92 Å². The number of Topliss-reactive ketones (excluding diaryl/α,β-unsaturated/α-hetero) is 2. The van der Waals surface area contributed by atoms with E-state index in [0.717, 1.165) is 36.8 Å². The van der Waals surface area contributed by atoms with E-state index in [2.05, 4.69) is 23.8 Å². The first-order valence-electron chi connectivity index (χ1n) is 13.6. The Balaban J connectivity index is 1.46. The third-order valence-electron chi connectivity index (χ3n) is 7.21. The number of hydrogen-bond acceptors (Lipinski definition) is 4. The third kappa shape index (κ3) is 8.14. The Morgan fingerprint density at radius 3 is 2.21 bits per heavy atom. The lowest BCUT2D eigenvalue weighted by Crippen LogP contribution is -2.32. The molecule has 0 aliphatic heterocycles. The lowest BCUT2D eigenvalue weighted by molar-refractivity contribution is -0.135. The van der Waals surface area contributed by atoms with E-state index >= 15 is 0 Å². The van der Waals surface area contributed by atoms with Crippen LogP contribution in [0, 0.1) is 11.8 Å². The van der Waals surface area contributed by atoms with Crippen LogP contribution >= 0.6 is 0 Å². The number of ketones is 2. The van der Waals surface area contributed by atoms with Crippen molar-refractivity contribution >= 4 is 11.6 Å². The van der Waals surface area contributed by atoms with Crippen molar-refractivity contribution in [3.05, 3.63) is 47.8 Å². The number of unbranched alkanes of at least 4 members (excludes halogenated alkanes) is 6. The molecule has 1 aromatic carbocycles. The zero-order valence-electron chi connectivity index (χ0n) is 21.2. The second-order valence-electron chi connectivity index (χ2n) is 10.1. The normalized spacial score (nSPS) is 18.2. The maximum atomic E-state index is 12.9. The highest BCUT2D eigenvalue weighted by molar-refractivity contribution is 6.03. The second-order valence-corrected chi connectivity index (χ2v) is 10.1. The number of carbonyl (C=O) groups is 2. The number of rotatable bonds is 14. The molecule has 0 N–H and O–H groups in total. The molecule has 1 aliphatic carbocycles. The van der Waals surface area contributed by atoms with Crippen LogP contribution in [0.2, 0.25) is 0 Å². The minimum absolute atomic E-state index is 0.0758. The van der Waals surface area contributed by atoms with Gasteiger partial charge >= 0.3 is 0 Å². The molecular formula is C30H42N2O2. The molecule has 0 radical (unpaired) electrons. The highest BCUT2D eigenvalue weighted by atomic mass is 16.1. The van der Waals surface area contributed by atoms with Crippen molar-refractivity contribution in [3.8, 4) is 11.4 Å². The summed E-state index contributed by atoms with van der Waals surface area (Å²) in [6, 6.07) is 7.90. The van der Waals surface area contributed by atoms with Crippen molar-refractivity contribution in [3.63, 3.8) is 0 Å². The Morgan fingerprint density at radius 1 is 0.853 bits per heavy atom. The molecule has 2 atom stereocenters. The zero-order valence-corrected chi connectivity index (χ0v) is 21.2. The molecular weight excluding hydrogens is 420 g/mol. The molecule has 0 amide bonds. The summed E-state index contributed by atoms with van der Waals surface area (Å²) < 4.78 is 0. The van der Waals surface area contributed by atoms with Crippen LogP contribution in [0.4, 0.5) is 0 Å². The van der Waals surface area contributed by atoms with Gasteiger partial charge in [-0.25, -0.2) is 9.97 Å². The smallest absolute Gasteiger partial charge is 0.159 e. The summed E-state index contributed by atoms with van der Waals surface area (Å²) in [6.45, 7) is 4.43. The van der Waals surface area contributed by atoms with E-state index in [0.29, 0.717) is 24.6 Å². The Morgan fingerprint density at radius 2 is 1.53 bits per heavy atom. The molecule has 0 spiro atoms. The van der Waals surface area contributed by atoms with Crippen molar-refractivity contribution in [2.75, 3.05) is 0 Å². The lowest BCUT2D eigenvalue weighted by Gasteiger charge is -2.26. The first-order chi connectivity index (χ1) is 16.6. The minimum atomic E-state index is -0.403. The van der Waals surface area contributed by atoms with Gasteiger partial charge in [-0.2, -0.15) is 0 Å². The summed E-state index contributed by atoms with van der Waals surface area (Å²) in [5.41, 5.74) is 3.08. The largest absolute Gasteiger partial charge is 0.299 e. The molecule has 3 rings (SSSR count). The summed E-state index contributed by atoms with van der Waals surface area (Å²) in [5, 5.41) is 0. The zero-order chi connectivity index (χ0) is 24.2. The van der Waals surface area contributed by atoms with E-state index in [1.807, 2.05) is 36.7 Å². The molecule has 34 heavy (non-hydrogen) atoms. The van der Waals surface area contributed by atoms with E-state index < -0.39 is 5.92 Å². The van der Waals surface area contributed by atoms with Crippen LogP contribution in [-0.2, 0) is 22.4 Å². The predicted octanol–water partition coefficient (Wildman–Crippen LogP) is 7.33. The van der Waals surface area contributed by atoms with E-state index in [1.165, 1.54) is 56.9 Å². The number of hydrogen-bond donors (Lipinski definition) is 0. The van der Waals surface area contributed by atoms with E-state index in [9.17, 15) is 9.59 Å². The minimum Gasteiger partial charge on any atom is -0.299 e. The quantitative estimate of drug-likeness (QED) is 0.218. The molecule has 1 saturated carbocycles. The number of carbonyl (C=O) groups excluding carboxylic acids is 2. The van der Waals surface area contributed by atoms with Gasteiger partial charge in [0.25, 0.3) is 0 Å². The van der Waals surface area contributed by atoms with Gasteiger partial charge in [-0.3, -0.25) is 9.59 Å². The predicted molar refractivity (Wildman–Crippen MR) is 139 cm³/mol. The maximum Gasteiger partial charge on any atom is 0.159 e. The number of benzene rings is 1. The van der Waals surface area contributed by atoms with Crippen molar-refractivity contribution in [2.24, 2.45) is 11.8 Å². The van der Waals surface area contributed by atoms with Crippen LogP contribution in [0.3, 0.4) is 0 Å². The lowest BCUT2D eigenvalue weighted by atomic mass is 9.76. The fraction of sp³-hybridized carbons (Fsp3) is 0.600. The Labute approximate surface area is 206 Å². The fourth-order valence-electron chi connectivity index (χ4n) is 5.02. The molecule has 184 valence electrons. The first-order valence-corrected chi connectivity index (χ1v) is 13.6. The van der Waals surface area contributed by atoms with Gasteiger partial charge in [0.2, 0.25) is 0 Å². The highest BCUT2D eigenvalue weighted by Crippen LogP contribution is 2.31. The van der Waals surface area contributed by atoms with Crippen molar-refractivity contribution in [2.45, 2.75) is 104 Å². The Kier molecular flexibility index (Phi) is 10.9. The monoisotopic (exact) mass is 462 g/mol. The van der Waals surface area contributed by atoms with Crippen molar-refractivity contribution < 1.29 is 9.59 Å². The third-order valence-corrected chi connectivity index (χ3v) is 7.21. The van der Waals surface area contributed by atoms with Gasteiger partial charge in [-0.1, -0.05) is 89.5 Å². The molecule has 4 heteroatoms. The molecule has 1 heterocycles. The van der Waals surface area contributed by atoms with Crippen molar-refractivity contribution in [1.29, 1.82) is 0 Å². The summed E-state index contributed by atoms with van der Waals surface area (Å²) in [5.74, 6) is 1.03. The van der Waals surface area contributed by atoms with Gasteiger partial charge in [-0.05, 0) is 42.7 Å². The van der Waals surface area contributed by atoms with Crippen LogP contribution in [0.5, 0.6) is 0 Å². The summed E-state index contributed by atoms with van der Waals surface area (Å²) in [7, 11) is 0. The van der Waals surface area contributed by atoms with Crippen LogP contribution in [-0.4, -0.2) is 21.5 Å². The molecule has 2 unspecified atom stereocenters. The molecule has 2 aromatic rings. The molecule has 4 nitrogen and oxygen atoms in total. The molecule has 0 bridgehead atoms. The number of aromatic nitrogens is 2. The number of nitrogens with zero attached hydrogens (tertiary/aromatic N) is 2. The first kappa shape index (κ1) is 26.2. The molecule has 0 saturated heterocycles. The average molecular weight is 463 g/mol. The topological polar surface area (TPSA) is 59.9 Å². The van der Waals surface area contributed by atoms with E-state index in [-0.39, 0.29) is 11.6 Å². The van der Waals surface area contributed by atoms with Gasteiger partial charge in [0, 0.05) is 30.8 Å². The Bertz CT molecular complexity index is 889. The Hall–Kier alpha value is -2.36. The van der Waals surface area contributed by atoms with Crippen molar-refractivity contribution in [1.82, 2.24) is 9.97 Å². The van der Waals surface area contributed by atoms with E-state index in [4.69, 9.17) is 0 Å². The van der Waals surface area contributed by atoms with Gasteiger partial charge in [0.15, 0.2) is 5.82 Å². The maximum absolute atomic E-state index is 12.9. The summed E-state index contributed by atoms with van der Waals surface area (Å²) in [4.78, 5) is 34.6. The van der Waals surface area contributed by atoms with Gasteiger partial charge < -0.3 is 0 Å². The molecule has 1 aliphatic rings. The SMILES string of the molecule is CCCCCCCC1CCC(C(=O)Cc2ccc(-c3ncc(CCCCC)cn3)cc2)C(=O)C1. The summed E-state index contributed by atoms with van der Waals surface area (Å²) >= 11 is 0. The standard InChI is InChI=1S/C30H42N2O2/c1-3-5-7-8-10-11-23-15-18-27(28(33)19-23)29(34)20-24-13-16-26(17-14-24)30-31-21-25(22-32-30)12-9-6-4-2/h13-14,16-17,21-23,27H,3-12,15,18-20H2,1-2H3. The van der Waals surface area contributed by atoms with Crippen LogP contribution < -0.4 is 0 Å². The van der Waals surface area contributed by atoms with Gasteiger partial charge in [-0.15, -0.1) is 0 Å². The molecule has 1 aromatic heterocycles. The van der Waals surface area contributed by atoms with E-state index in [1.54, 1.807) is 0 Å². The number of aryl methyl sites for hydroxylation is 1. The fourth-order valence-corrected chi connectivity index (χ4v) is 5.02. The second kappa shape index (κ2) is 14.1. The van der Waals surface area contributed by atoms with Gasteiger partial charge in [0.1, 0.15) is 11.6 Å².